The highest BCUT2D eigenvalue weighted by Gasteiger charge is 2.21. The van der Waals surface area contributed by atoms with Gasteiger partial charge in [-0.25, -0.2) is 0 Å². The van der Waals surface area contributed by atoms with Gasteiger partial charge in [0.15, 0.2) is 0 Å². The van der Waals surface area contributed by atoms with Crippen LogP contribution in [0.25, 0.3) is 0 Å². The molecule has 3 heteroatoms. The average molecular weight is 276 g/mol. The summed E-state index contributed by atoms with van der Waals surface area (Å²) < 4.78 is 5.84. The number of hydrogen-bond acceptors (Lipinski definition) is 3. The van der Waals surface area contributed by atoms with E-state index in [4.69, 9.17) is 4.74 Å². The van der Waals surface area contributed by atoms with Gasteiger partial charge < -0.3 is 15.0 Å². The molecule has 1 aromatic carbocycles. The number of anilines is 1. The summed E-state index contributed by atoms with van der Waals surface area (Å²) in [5, 5.41) is 3.68. The van der Waals surface area contributed by atoms with Crippen molar-refractivity contribution < 1.29 is 4.74 Å². The largest absolute Gasteiger partial charge is 0.491 e. The van der Waals surface area contributed by atoms with E-state index in [-0.39, 0.29) is 0 Å². The minimum Gasteiger partial charge on any atom is -0.491 e. The van der Waals surface area contributed by atoms with Crippen molar-refractivity contribution in [2.45, 2.75) is 39.7 Å². The van der Waals surface area contributed by atoms with Crippen molar-refractivity contribution in [3.8, 4) is 5.75 Å². The summed E-state index contributed by atoms with van der Waals surface area (Å²) in [6.45, 7) is 10.9. The predicted molar refractivity (Wildman–Crippen MR) is 85.7 cm³/mol. The van der Waals surface area contributed by atoms with Crippen LogP contribution in [0.1, 0.15) is 33.6 Å². The summed E-state index contributed by atoms with van der Waals surface area (Å²) >= 11 is 0. The minimum atomic E-state index is 0.529. The third kappa shape index (κ3) is 3.89. The number of rotatable bonds is 6. The fraction of sp³-hybridized carbons (Fsp3) is 0.647. The Morgan fingerprint density at radius 1 is 1.30 bits per heavy atom. The number of benzene rings is 1. The first-order valence-electron chi connectivity index (χ1n) is 7.92. The fourth-order valence-corrected chi connectivity index (χ4v) is 2.67. The Morgan fingerprint density at radius 3 is 2.85 bits per heavy atom. The molecule has 1 unspecified atom stereocenters. The van der Waals surface area contributed by atoms with Crippen molar-refractivity contribution in [3.05, 3.63) is 24.3 Å². The van der Waals surface area contributed by atoms with Gasteiger partial charge in [0.05, 0.1) is 12.3 Å². The highest BCUT2D eigenvalue weighted by Crippen LogP contribution is 2.30. The number of nitrogens with zero attached hydrogens (tertiary/aromatic N) is 1. The fourth-order valence-electron chi connectivity index (χ4n) is 2.67. The molecule has 0 bridgehead atoms. The summed E-state index contributed by atoms with van der Waals surface area (Å²) in [5.41, 5.74) is 1.24. The van der Waals surface area contributed by atoms with Gasteiger partial charge in [-0.2, -0.15) is 0 Å². The first-order chi connectivity index (χ1) is 9.72. The smallest absolute Gasteiger partial charge is 0.142 e. The molecule has 0 fully saturated rings. The van der Waals surface area contributed by atoms with Crippen molar-refractivity contribution in [2.75, 3.05) is 31.1 Å². The van der Waals surface area contributed by atoms with Gasteiger partial charge in [0, 0.05) is 19.1 Å². The standard InChI is InChI=1S/C17H28N2O/c1-4-10-18-15(14(2)3)13-19-11-7-12-20-17-9-6-5-8-16(17)19/h5-6,8-9,14-15,18H,4,7,10-13H2,1-3H3. The molecule has 1 aliphatic rings. The monoisotopic (exact) mass is 276 g/mol. The van der Waals surface area contributed by atoms with Crippen molar-refractivity contribution in [1.82, 2.24) is 5.32 Å². The lowest BCUT2D eigenvalue weighted by molar-refractivity contribution is 0.322. The molecule has 20 heavy (non-hydrogen) atoms. The van der Waals surface area contributed by atoms with Crippen LogP contribution in [0, 0.1) is 5.92 Å². The van der Waals surface area contributed by atoms with Gasteiger partial charge in [0.1, 0.15) is 5.75 Å². The van der Waals surface area contributed by atoms with Crippen LogP contribution in [0.5, 0.6) is 5.75 Å². The van der Waals surface area contributed by atoms with E-state index >= 15 is 0 Å². The van der Waals surface area contributed by atoms with E-state index in [0.29, 0.717) is 12.0 Å². The molecule has 1 atom stereocenters. The van der Waals surface area contributed by atoms with Crippen molar-refractivity contribution >= 4 is 5.69 Å². The first-order valence-corrected chi connectivity index (χ1v) is 7.92. The summed E-state index contributed by atoms with van der Waals surface area (Å²) in [7, 11) is 0. The van der Waals surface area contributed by atoms with E-state index in [1.54, 1.807) is 0 Å². The Labute approximate surface area is 123 Å². The number of ether oxygens (including phenoxy) is 1. The molecule has 3 nitrogen and oxygen atoms in total. The first kappa shape index (κ1) is 15.2. The lowest BCUT2D eigenvalue weighted by atomic mass is 10.0. The molecular weight excluding hydrogens is 248 g/mol. The maximum absolute atomic E-state index is 5.84. The molecule has 1 aromatic rings. The number of para-hydroxylation sites is 2. The number of fused-ring (bicyclic) bond motifs is 1. The molecule has 0 saturated heterocycles. The Kier molecular flexibility index (Phi) is 5.72. The molecule has 1 N–H and O–H groups in total. The van der Waals surface area contributed by atoms with Crippen LogP contribution < -0.4 is 15.0 Å². The molecule has 0 amide bonds. The highest BCUT2D eigenvalue weighted by molar-refractivity contribution is 5.59. The Bertz CT molecular complexity index is 406. The van der Waals surface area contributed by atoms with Crippen LogP contribution in [0.3, 0.4) is 0 Å². The summed E-state index contributed by atoms with van der Waals surface area (Å²) in [5.74, 6) is 1.67. The van der Waals surface area contributed by atoms with Crippen LogP contribution in [0.2, 0.25) is 0 Å². The highest BCUT2D eigenvalue weighted by atomic mass is 16.5. The van der Waals surface area contributed by atoms with Gasteiger partial charge in [-0.05, 0) is 37.4 Å². The van der Waals surface area contributed by atoms with E-state index in [9.17, 15) is 0 Å². The molecular formula is C17H28N2O. The number of hydrogen-bond donors (Lipinski definition) is 1. The third-order valence-corrected chi connectivity index (χ3v) is 3.91. The second kappa shape index (κ2) is 7.53. The van der Waals surface area contributed by atoms with Gasteiger partial charge in [-0.15, -0.1) is 0 Å². The molecule has 1 heterocycles. The van der Waals surface area contributed by atoms with Crippen molar-refractivity contribution in [3.63, 3.8) is 0 Å². The Hall–Kier alpha value is -1.22. The van der Waals surface area contributed by atoms with E-state index in [0.717, 1.165) is 38.4 Å². The van der Waals surface area contributed by atoms with Gasteiger partial charge >= 0.3 is 0 Å². The van der Waals surface area contributed by atoms with E-state index < -0.39 is 0 Å². The zero-order valence-corrected chi connectivity index (χ0v) is 13.1. The second-order valence-corrected chi connectivity index (χ2v) is 5.92. The third-order valence-electron chi connectivity index (χ3n) is 3.91. The van der Waals surface area contributed by atoms with Gasteiger partial charge in [0.2, 0.25) is 0 Å². The van der Waals surface area contributed by atoms with Crippen LogP contribution in [-0.4, -0.2) is 32.3 Å². The molecule has 0 aliphatic carbocycles. The molecule has 0 spiro atoms. The zero-order valence-electron chi connectivity index (χ0n) is 13.1. The van der Waals surface area contributed by atoms with E-state index in [1.807, 2.05) is 0 Å². The molecule has 0 aromatic heterocycles. The summed E-state index contributed by atoms with van der Waals surface area (Å²) in [6, 6.07) is 8.94. The Morgan fingerprint density at radius 2 is 2.10 bits per heavy atom. The van der Waals surface area contributed by atoms with Gasteiger partial charge in [-0.1, -0.05) is 32.9 Å². The van der Waals surface area contributed by atoms with Gasteiger partial charge in [0.25, 0.3) is 0 Å². The molecule has 0 saturated carbocycles. The Balaban J connectivity index is 2.10. The average Bonchev–Trinajstić information content (AvgIpc) is 2.65. The maximum atomic E-state index is 5.84. The van der Waals surface area contributed by atoms with Crippen LogP contribution in [0.4, 0.5) is 5.69 Å². The minimum absolute atomic E-state index is 0.529. The zero-order chi connectivity index (χ0) is 14.4. The molecule has 0 radical (unpaired) electrons. The lowest BCUT2D eigenvalue weighted by Gasteiger charge is -2.31. The van der Waals surface area contributed by atoms with Crippen LogP contribution in [0.15, 0.2) is 24.3 Å². The molecule has 2 rings (SSSR count). The quantitative estimate of drug-likeness (QED) is 0.863. The second-order valence-electron chi connectivity index (χ2n) is 5.92. The summed E-state index contributed by atoms with van der Waals surface area (Å²) in [6.07, 6.45) is 2.27. The van der Waals surface area contributed by atoms with Crippen molar-refractivity contribution in [2.24, 2.45) is 5.92 Å². The van der Waals surface area contributed by atoms with Crippen LogP contribution in [-0.2, 0) is 0 Å². The maximum Gasteiger partial charge on any atom is 0.142 e. The van der Waals surface area contributed by atoms with E-state index in [2.05, 4.69) is 55.3 Å². The summed E-state index contributed by atoms with van der Waals surface area (Å²) in [4.78, 5) is 2.48. The van der Waals surface area contributed by atoms with Crippen molar-refractivity contribution in [1.29, 1.82) is 0 Å². The number of nitrogens with one attached hydrogen (secondary N) is 1. The topological polar surface area (TPSA) is 24.5 Å². The van der Waals surface area contributed by atoms with Gasteiger partial charge in [-0.3, -0.25) is 0 Å². The lowest BCUT2D eigenvalue weighted by Crippen LogP contribution is -2.45. The molecule has 1 aliphatic heterocycles. The normalized spacial score (nSPS) is 16.5. The predicted octanol–water partition coefficient (Wildman–Crippen LogP) is 3.30. The SMILES string of the molecule is CCCNC(CN1CCCOc2ccccc21)C(C)C. The molecule has 112 valence electrons. The van der Waals surface area contributed by atoms with Crippen LogP contribution >= 0.6 is 0 Å². The van der Waals surface area contributed by atoms with E-state index in [1.165, 1.54) is 12.1 Å².